The van der Waals surface area contributed by atoms with E-state index in [1.807, 2.05) is 13.0 Å². The van der Waals surface area contributed by atoms with Crippen LogP contribution in [0.25, 0.3) is 0 Å². The smallest absolute Gasteiger partial charge is 0.144 e. The first kappa shape index (κ1) is 16.2. The van der Waals surface area contributed by atoms with Gasteiger partial charge in [-0.15, -0.1) is 0 Å². The van der Waals surface area contributed by atoms with Crippen molar-refractivity contribution in [2.75, 3.05) is 18.9 Å². The van der Waals surface area contributed by atoms with Crippen LogP contribution in [-0.2, 0) is 6.54 Å². The molecule has 21 heavy (non-hydrogen) atoms. The van der Waals surface area contributed by atoms with E-state index in [1.165, 1.54) is 38.5 Å². The zero-order valence-electron chi connectivity index (χ0n) is 13.9. The fourth-order valence-corrected chi connectivity index (χ4v) is 3.10. The highest BCUT2D eigenvalue weighted by molar-refractivity contribution is 5.35. The minimum absolute atomic E-state index is 0.698. The quantitative estimate of drug-likeness (QED) is 0.810. The van der Waals surface area contributed by atoms with Crippen LogP contribution < -0.4 is 5.32 Å². The molecule has 0 bridgehead atoms. The zero-order chi connectivity index (χ0) is 15.1. The molecule has 4 heteroatoms. The van der Waals surface area contributed by atoms with Gasteiger partial charge in [-0.2, -0.15) is 0 Å². The zero-order valence-corrected chi connectivity index (χ0v) is 13.9. The highest BCUT2D eigenvalue weighted by Gasteiger charge is 2.18. The van der Waals surface area contributed by atoms with Gasteiger partial charge in [-0.1, -0.05) is 32.6 Å². The summed E-state index contributed by atoms with van der Waals surface area (Å²) in [6, 6.07) is 2.73. The van der Waals surface area contributed by atoms with Crippen molar-refractivity contribution in [2.45, 2.75) is 71.4 Å². The maximum Gasteiger partial charge on any atom is 0.144 e. The number of nitrogens with zero attached hydrogens (tertiary/aromatic N) is 3. The van der Waals surface area contributed by atoms with Crippen molar-refractivity contribution in [3.05, 3.63) is 17.6 Å². The maximum absolute atomic E-state index is 4.67. The topological polar surface area (TPSA) is 41.1 Å². The molecule has 4 nitrogen and oxygen atoms in total. The molecule has 1 heterocycles. The summed E-state index contributed by atoms with van der Waals surface area (Å²) in [5.41, 5.74) is 1.05. The minimum Gasteiger partial charge on any atom is -0.370 e. The Bertz CT molecular complexity index is 425. The lowest BCUT2D eigenvalue weighted by molar-refractivity contribution is 0.208. The molecular formula is C17H30N4. The molecule has 1 N–H and O–H groups in total. The van der Waals surface area contributed by atoms with E-state index >= 15 is 0 Å². The minimum atomic E-state index is 0.698. The van der Waals surface area contributed by atoms with E-state index < -0.39 is 0 Å². The molecule has 0 unspecified atom stereocenters. The Morgan fingerprint density at radius 3 is 2.57 bits per heavy atom. The van der Waals surface area contributed by atoms with Crippen LogP contribution in [0.4, 0.5) is 5.82 Å². The summed E-state index contributed by atoms with van der Waals surface area (Å²) in [4.78, 5) is 11.7. The predicted octanol–water partition coefficient (Wildman–Crippen LogP) is 3.76. The standard InChI is InChI=1S/C17H30N4/c1-4-11-18-16-12-14(2)19-17(20-16)13-21(3)15-9-7-5-6-8-10-15/h12,15H,4-11,13H2,1-3H3,(H,18,19,20). The van der Waals surface area contributed by atoms with Crippen LogP contribution >= 0.6 is 0 Å². The van der Waals surface area contributed by atoms with Crippen LogP contribution in [0.1, 0.15) is 63.4 Å². The molecule has 0 spiro atoms. The maximum atomic E-state index is 4.67. The van der Waals surface area contributed by atoms with Gasteiger partial charge in [-0.3, -0.25) is 4.90 Å². The van der Waals surface area contributed by atoms with Gasteiger partial charge in [0, 0.05) is 24.3 Å². The molecule has 2 rings (SSSR count). The summed E-state index contributed by atoms with van der Waals surface area (Å²) < 4.78 is 0. The SMILES string of the molecule is CCCNc1cc(C)nc(CN(C)C2CCCCCC2)n1. The van der Waals surface area contributed by atoms with Gasteiger partial charge in [0.05, 0.1) is 6.54 Å². The molecule has 0 aromatic carbocycles. The van der Waals surface area contributed by atoms with Crippen LogP contribution in [0.15, 0.2) is 6.07 Å². The van der Waals surface area contributed by atoms with Crippen LogP contribution in [0.2, 0.25) is 0 Å². The largest absolute Gasteiger partial charge is 0.370 e. The lowest BCUT2D eigenvalue weighted by Gasteiger charge is -2.26. The Morgan fingerprint density at radius 2 is 1.90 bits per heavy atom. The molecule has 1 fully saturated rings. The predicted molar refractivity (Wildman–Crippen MR) is 88.5 cm³/mol. The molecule has 118 valence electrons. The van der Waals surface area contributed by atoms with Crippen LogP contribution in [0, 0.1) is 6.92 Å². The molecule has 1 aliphatic rings. The second kappa shape index (κ2) is 8.32. The van der Waals surface area contributed by atoms with Gasteiger partial charge in [0.2, 0.25) is 0 Å². The number of anilines is 1. The molecule has 1 aliphatic carbocycles. The average Bonchev–Trinajstić information content (AvgIpc) is 2.73. The van der Waals surface area contributed by atoms with Crippen molar-refractivity contribution in [3.63, 3.8) is 0 Å². The first-order chi connectivity index (χ1) is 10.2. The van der Waals surface area contributed by atoms with E-state index in [4.69, 9.17) is 0 Å². The van der Waals surface area contributed by atoms with Crippen molar-refractivity contribution >= 4 is 5.82 Å². The molecule has 1 saturated carbocycles. The van der Waals surface area contributed by atoms with Crippen molar-refractivity contribution in [1.82, 2.24) is 14.9 Å². The number of nitrogens with one attached hydrogen (secondary N) is 1. The lowest BCUT2D eigenvalue weighted by Crippen LogP contribution is -2.31. The van der Waals surface area contributed by atoms with E-state index in [9.17, 15) is 0 Å². The van der Waals surface area contributed by atoms with Gasteiger partial charge in [0.15, 0.2) is 0 Å². The molecule has 0 radical (unpaired) electrons. The first-order valence-electron chi connectivity index (χ1n) is 8.47. The van der Waals surface area contributed by atoms with E-state index in [0.29, 0.717) is 6.04 Å². The number of aryl methyl sites for hydroxylation is 1. The monoisotopic (exact) mass is 290 g/mol. The normalized spacial score (nSPS) is 17.0. The van der Waals surface area contributed by atoms with Gasteiger partial charge in [0.1, 0.15) is 11.6 Å². The summed E-state index contributed by atoms with van der Waals surface area (Å²) >= 11 is 0. The first-order valence-corrected chi connectivity index (χ1v) is 8.47. The highest BCUT2D eigenvalue weighted by atomic mass is 15.2. The Morgan fingerprint density at radius 1 is 1.19 bits per heavy atom. The molecule has 0 aliphatic heterocycles. The van der Waals surface area contributed by atoms with E-state index in [1.54, 1.807) is 0 Å². The Labute approximate surface area is 129 Å². The third-order valence-electron chi connectivity index (χ3n) is 4.30. The fourth-order valence-electron chi connectivity index (χ4n) is 3.10. The highest BCUT2D eigenvalue weighted by Crippen LogP contribution is 2.22. The summed E-state index contributed by atoms with van der Waals surface area (Å²) in [5.74, 6) is 1.91. The van der Waals surface area contributed by atoms with Gasteiger partial charge in [-0.25, -0.2) is 9.97 Å². The van der Waals surface area contributed by atoms with Crippen molar-refractivity contribution in [2.24, 2.45) is 0 Å². The Hall–Kier alpha value is -1.16. The molecule has 1 aromatic heterocycles. The van der Waals surface area contributed by atoms with Gasteiger partial charge in [-0.05, 0) is 33.2 Å². The summed E-state index contributed by atoms with van der Waals surface area (Å²) in [5, 5.41) is 3.37. The van der Waals surface area contributed by atoms with Gasteiger partial charge >= 0.3 is 0 Å². The third-order valence-corrected chi connectivity index (χ3v) is 4.30. The second-order valence-corrected chi connectivity index (χ2v) is 6.30. The lowest BCUT2D eigenvalue weighted by atomic mass is 10.1. The van der Waals surface area contributed by atoms with E-state index in [0.717, 1.165) is 36.8 Å². The van der Waals surface area contributed by atoms with E-state index in [-0.39, 0.29) is 0 Å². The number of rotatable bonds is 6. The average molecular weight is 290 g/mol. The number of aromatic nitrogens is 2. The number of hydrogen-bond donors (Lipinski definition) is 1. The van der Waals surface area contributed by atoms with Crippen molar-refractivity contribution < 1.29 is 0 Å². The fraction of sp³-hybridized carbons (Fsp3) is 0.765. The summed E-state index contributed by atoms with van der Waals surface area (Å²) in [7, 11) is 2.22. The second-order valence-electron chi connectivity index (χ2n) is 6.30. The summed E-state index contributed by atoms with van der Waals surface area (Å²) in [6.07, 6.45) is 9.29. The molecule has 0 amide bonds. The Balaban J connectivity index is 1.98. The van der Waals surface area contributed by atoms with Gasteiger partial charge in [0.25, 0.3) is 0 Å². The van der Waals surface area contributed by atoms with Crippen LogP contribution in [0.3, 0.4) is 0 Å². The van der Waals surface area contributed by atoms with Crippen LogP contribution in [-0.4, -0.2) is 34.5 Å². The summed E-state index contributed by atoms with van der Waals surface area (Å²) in [6.45, 7) is 6.04. The van der Waals surface area contributed by atoms with Gasteiger partial charge < -0.3 is 5.32 Å². The van der Waals surface area contributed by atoms with Crippen LogP contribution in [0.5, 0.6) is 0 Å². The molecule has 0 saturated heterocycles. The molecule has 1 aromatic rings. The Kier molecular flexibility index (Phi) is 6.43. The van der Waals surface area contributed by atoms with Crippen molar-refractivity contribution in [3.8, 4) is 0 Å². The van der Waals surface area contributed by atoms with E-state index in [2.05, 4.69) is 34.2 Å². The third kappa shape index (κ3) is 5.27. The molecular weight excluding hydrogens is 260 g/mol. The number of hydrogen-bond acceptors (Lipinski definition) is 4. The molecule has 0 atom stereocenters. The van der Waals surface area contributed by atoms with Crippen molar-refractivity contribution in [1.29, 1.82) is 0 Å².